The Hall–Kier alpha value is -3.71. The van der Waals surface area contributed by atoms with Gasteiger partial charge in [-0.2, -0.15) is 0 Å². The van der Waals surface area contributed by atoms with E-state index in [-0.39, 0.29) is 18.4 Å². The van der Waals surface area contributed by atoms with Gasteiger partial charge in [-0.05, 0) is 30.3 Å². The van der Waals surface area contributed by atoms with Crippen molar-refractivity contribution in [2.24, 2.45) is 0 Å². The summed E-state index contributed by atoms with van der Waals surface area (Å²) in [5.41, 5.74) is 2.63. The molecule has 30 heavy (non-hydrogen) atoms. The lowest BCUT2D eigenvalue weighted by Crippen LogP contribution is -2.50. The average Bonchev–Trinajstić information content (AvgIpc) is 3.06. The maximum atomic E-state index is 13.3. The SMILES string of the molecule is O=C(CN1C(=O)c2ccccc2N2C(=O)c3ccccc3C12)Nc1ccc(Cl)nc1. The third-order valence-corrected chi connectivity index (χ3v) is 5.43. The molecule has 2 aromatic carbocycles. The van der Waals surface area contributed by atoms with Gasteiger partial charge < -0.3 is 10.2 Å². The molecular formula is C22H15ClN4O3. The van der Waals surface area contributed by atoms with Crippen LogP contribution >= 0.6 is 11.6 Å². The number of carbonyl (C=O) groups is 3. The van der Waals surface area contributed by atoms with Crippen LogP contribution in [0.2, 0.25) is 5.15 Å². The Morgan fingerprint density at radius 1 is 0.967 bits per heavy atom. The first-order valence-corrected chi connectivity index (χ1v) is 9.66. The fourth-order valence-corrected chi connectivity index (χ4v) is 4.05. The fraction of sp³-hybridized carbons (Fsp3) is 0.0909. The second-order valence-corrected chi connectivity index (χ2v) is 7.39. The van der Waals surface area contributed by atoms with E-state index in [1.165, 1.54) is 11.1 Å². The summed E-state index contributed by atoms with van der Waals surface area (Å²) in [6.07, 6.45) is 0.763. The van der Waals surface area contributed by atoms with Gasteiger partial charge in [0.15, 0.2) is 0 Å². The van der Waals surface area contributed by atoms with Gasteiger partial charge in [0, 0.05) is 11.1 Å². The Kier molecular flexibility index (Phi) is 4.25. The Bertz CT molecular complexity index is 1190. The second kappa shape index (κ2) is 6.96. The zero-order valence-corrected chi connectivity index (χ0v) is 16.3. The van der Waals surface area contributed by atoms with Crippen LogP contribution in [0.25, 0.3) is 0 Å². The lowest BCUT2D eigenvalue weighted by molar-refractivity contribution is -0.117. The minimum absolute atomic E-state index is 0.192. The number of hydrogen-bond acceptors (Lipinski definition) is 4. The molecule has 3 amide bonds. The molecule has 1 aromatic heterocycles. The van der Waals surface area contributed by atoms with Gasteiger partial charge in [0.2, 0.25) is 5.91 Å². The zero-order valence-electron chi connectivity index (χ0n) is 15.6. The molecule has 0 bridgehead atoms. The first-order valence-electron chi connectivity index (χ1n) is 9.28. The molecule has 1 unspecified atom stereocenters. The molecule has 3 heterocycles. The van der Waals surface area contributed by atoms with Gasteiger partial charge >= 0.3 is 0 Å². The van der Waals surface area contributed by atoms with Gasteiger partial charge in [0.1, 0.15) is 17.9 Å². The summed E-state index contributed by atoms with van der Waals surface area (Å²) in [6, 6.07) is 17.3. The van der Waals surface area contributed by atoms with E-state index in [9.17, 15) is 14.4 Å². The lowest BCUT2D eigenvalue weighted by Gasteiger charge is -2.40. The molecule has 2 aliphatic heterocycles. The number of aromatic nitrogens is 1. The molecule has 0 aliphatic carbocycles. The third-order valence-electron chi connectivity index (χ3n) is 5.21. The van der Waals surface area contributed by atoms with E-state index in [1.807, 2.05) is 12.1 Å². The van der Waals surface area contributed by atoms with E-state index in [2.05, 4.69) is 10.3 Å². The first-order chi connectivity index (χ1) is 14.5. The molecule has 148 valence electrons. The van der Waals surface area contributed by atoms with Gasteiger partial charge in [-0.1, -0.05) is 41.9 Å². The van der Waals surface area contributed by atoms with Crippen molar-refractivity contribution in [2.75, 3.05) is 16.8 Å². The number of nitrogens with one attached hydrogen (secondary N) is 1. The first kappa shape index (κ1) is 18.3. The number of fused-ring (bicyclic) bond motifs is 5. The molecule has 0 saturated heterocycles. The molecule has 0 saturated carbocycles. The summed E-state index contributed by atoms with van der Waals surface area (Å²) in [7, 11) is 0. The highest BCUT2D eigenvalue weighted by molar-refractivity contribution is 6.29. The molecule has 7 nitrogen and oxygen atoms in total. The van der Waals surface area contributed by atoms with Crippen LogP contribution in [-0.2, 0) is 4.79 Å². The molecule has 1 atom stereocenters. The second-order valence-electron chi connectivity index (χ2n) is 7.00. The van der Waals surface area contributed by atoms with E-state index in [1.54, 1.807) is 53.4 Å². The van der Waals surface area contributed by atoms with Crippen LogP contribution in [0.1, 0.15) is 32.4 Å². The molecule has 8 heteroatoms. The number of halogens is 1. The standard InChI is InChI=1S/C22H15ClN4O3/c23-18-10-9-13(11-24-18)25-19(28)12-26-20-14-5-1-2-6-15(14)22(30)27(20)17-8-4-3-7-16(17)21(26)29/h1-11,20H,12H2,(H,25,28). The quantitative estimate of drug-likeness (QED) is 0.660. The Balaban J connectivity index is 1.52. The highest BCUT2D eigenvalue weighted by atomic mass is 35.5. The molecular weight excluding hydrogens is 404 g/mol. The van der Waals surface area contributed by atoms with Gasteiger partial charge in [-0.15, -0.1) is 0 Å². The van der Waals surface area contributed by atoms with E-state index in [4.69, 9.17) is 11.6 Å². The minimum atomic E-state index is -0.676. The van der Waals surface area contributed by atoms with E-state index >= 15 is 0 Å². The number of benzene rings is 2. The molecule has 2 aliphatic rings. The van der Waals surface area contributed by atoms with Crippen LogP contribution in [0.5, 0.6) is 0 Å². The summed E-state index contributed by atoms with van der Waals surface area (Å²) < 4.78 is 0. The number of hydrogen-bond donors (Lipinski definition) is 1. The van der Waals surface area contributed by atoms with Crippen LogP contribution < -0.4 is 10.2 Å². The Morgan fingerprint density at radius 3 is 2.47 bits per heavy atom. The van der Waals surface area contributed by atoms with Gasteiger partial charge in [-0.25, -0.2) is 4.98 Å². The molecule has 5 rings (SSSR count). The summed E-state index contributed by atoms with van der Waals surface area (Å²) in [5, 5.41) is 3.03. The normalized spacial score (nSPS) is 16.8. The number of pyridine rings is 1. The molecule has 0 fully saturated rings. The van der Waals surface area contributed by atoms with Crippen molar-refractivity contribution >= 4 is 40.7 Å². The van der Waals surface area contributed by atoms with E-state index in [0.717, 1.165) is 0 Å². The topological polar surface area (TPSA) is 82.6 Å². The molecule has 3 aromatic rings. The van der Waals surface area contributed by atoms with Crippen molar-refractivity contribution in [1.82, 2.24) is 9.88 Å². The monoisotopic (exact) mass is 418 g/mol. The van der Waals surface area contributed by atoms with Crippen LogP contribution in [0.4, 0.5) is 11.4 Å². The van der Waals surface area contributed by atoms with Crippen molar-refractivity contribution in [3.05, 3.63) is 88.7 Å². The lowest BCUT2D eigenvalue weighted by atomic mass is 10.0. The summed E-state index contributed by atoms with van der Waals surface area (Å²) >= 11 is 5.78. The Morgan fingerprint density at radius 2 is 1.70 bits per heavy atom. The van der Waals surface area contributed by atoms with Crippen molar-refractivity contribution in [3.63, 3.8) is 0 Å². The Labute approximate surface area is 176 Å². The number of rotatable bonds is 3. The smallest absolute Gasteiger partial charge is 0.260 e. The van der Waals surface area contributed by atoms with Crippen molar-refractivity contribution < 1.29 is 14.4 Å². The average molecular weight is 419 g/mol. The molecule has 1 N–H and O–H groups in total. The fourth-order valence-electron chi connectivity index (χ4n) is 3.94. The number of nitrogens with zero attached hydrogens (tertiary/aromatic N) is 3. The van der Waals surface area contributed by atoms with Gasteiger partial charge in [0.05, 0.1) is 23.1 Å². The molecule has 0 radical (unpaired) electrons. The predicted molar refractivity (Wildman–Crippen MR) is 111 cm³/mol. The van der Waals surface area contributed by atoms with Crippen LogP contribution in [0, 0.1) is 0 Å². The molecule has 0 spiro atoms. The van der Waals surface area contributed by atoms with Crippen LogP contribution in [0.15, 0.2) is 66.9 Å². The third kappa shape index (κ3) is 2.83. The number of para-hydroxylation sites is 1. The number of anilines is 2. The van der Waals surface area contributed by atoms with Crippen molar-refractivity contribution in [2.45, 2.75) is 6.17 Å². The van der Waals surface area contributed by atoms with Crippen molar-refractivity contribution in [1.29, 1.82) is 0 Å². The van der Waals surface area contributed by atoms with Gasteiger partial charge in [-0.3, -0.25) is 19.3 Å². The van der Waals surface area contributed by atoms with Crippen LogP contribution in [0.3, 0.4) is 0 Å². The highest BCUT2D eigenvalue weighted by Gasteiger charge is 2.48. The largest absolute Gasteiger partial charge is 0.323 e. The van der Waals surface area contributed by atoms with Gasteiger partial charge in [0.25, 0.3) is 11.8 Å². The van der Waals surface area contributed by atoms with Crippen molar-refractivity contribution in [3.8, 4) is 0 Å². The summed E-state index contributed by atoms with van der Waals surface area (Å²) in [5.74, 6) is -0.896. The summed E-state index contributed by atoms with van der Waals surface area (Å²) in [6.45, 7) is -0.224. The summed E-state index contributed by atoms with van der Waals surface area (Å²) in [4.78, 5) is 46.1. The van der Waals surface area contributed by atoms with Crippen LogP contribution in [-0.4, -0.2) is 34.2 Å². The number of amides is 3. The van der Waals surface area contributed by atoms with E-state index < -0.39 is 12.1 Å². The number of carbonyl (C=O) groups excluding carboxylic acids is 3. The minimum Gasteiger partial charge on any atom is -0.323 e. The maximum absolute atomic E-state index is 13.3. The van der Waals surface area contributed by atoms with E-state index in [0.29, 0.717) is 33.2 Å². The maximum Gasteiger partial charge on any atom is 0.260 e. The highest BCUT2D eigenvalue weighted by Crippen LogP contribution is 2.44. The predicted octanol–water partition coefficient (Wildman–Crippen LogP) is 3.49. The zero-order chi connectivity index (χ0) is 20.8.